The van der Waals surface area contributed by atoms with Gasteiger partial charge in [-0.3, -0.25) is 9.59 Å². The Labute approximate surface area is 148 Å². The molecule has 0 saturated carbocycles. The van der Waals surface area contributed by atoms with Gasteiger partial charge < -0.3 is 9.72 Å². The van der Waals surface area contributed by atoms with Crippen LogP contribution >= 0.6 is 11.6 Å². The molecule has 2 aromatic heterocycles. The second-order valence-corrected chi connectivity index (χ2v) is 5.92. The number of benzene rings is 1. The molecule has 3 aromatic rings. The van der Waals surface area contributed by atoms with Crippen molar-refractivity contribution in [2.75, 3.05) is 0 Å². The normalized spacial score (nSPS) is 10.8. The van der Waals surface area contributed by atoms with E-state index in [4.69, 9.17) is 16.3 Å². The predicted molar refractivity (Wildman–Crippen MR) is 94.3 cm³/mol. The number of fused-ring (bicyclic) bond motifs is 1. The van der Waals surface area contributed by atoms with Crippen LogP contribution in [0.3, 0.4) is 0 Å². The average Bonchev–Trinajstić information content (AvgIpc) is 2.61. The fraction of sp³-hybridized carbons (Fsp3) is 0.222. The molecule has 0 spiro atoms. The summed E-state index contributed by atoms with van der Waals surface area (Å²) in [5.74, 6) is 0.261. The summed E-state index contributed by atoms with van der Waals surface area (Å²) in [4.78, 5) is 34.8. The lowest BCUT2D eigenvalue weighted by Gasteiger charge is -2.05. The van der Waals surface area contributed by atoms with Crippen molar-refractivity contribution in [3.05, 3.63) is 69.5 Å². The van der Waals surface area contributed by atoms with Gasteiger partial charge in [-0.1, -0.05) is 29.8 Å². The van der Waals surface area contributed by atoms with Gasteiger partial charge in [0.05, 0.1) is 10.9 Å². The lowest BCUT2D eigenvalue weighted by atomic mass is 10.2. The van der Waals surface area contributed by atoms with Gasteiger partial charge in [0.2, 0.25) is 0 Å². The summed E-state index contributed by atoms with van der Waals surface area (Å²) in [6.07, 6.45) is 2.85. The van der Waals surface area contributed by atoms with E-state index >= 15 is 0 Å². The number of H-pyrrole nitrogens is 1. The quantitative estimate of drug-likeness (QED) is 0.541. The fourth-order valence-corrected chi connectivity index (χ4v) is 2.49. The van der Waals surface area contributed by atoms with Crippen molar-refractivity contribution in [2.45, 2.75) is 25.9 Å². The van der Waals surface area contributed by atoms with E-state index in [0.29, 0.717) is 34.7 Å². The van der Waals surface area contributed by atoms with Crippen molar-refractivity contribution >= 4 is 28.5 Å². The van der Waals surface area contributed by atoms with Crippen LogP contribution in [0.2, 0.25) is 5.15 Å². The van der Waals surface area contributed by atoms with E-state index in [-0.39, 0.29) is 24.6 Å². The average molecular weight is 358 g/mol. The van der Waals surface area contributed by atoms with E-state index in [9.17, 15) is 9.59 Å². The molecule has 0 aliphatic carbocycles. The van der Waals surface area contributed by atoms with Crippen LogP contribution in [-0.2, 0) is 22.6 Å². The molecule has 0 atom stereocenters. The van der Waals surface area contributed by atoms with Crippen LogP contribution in [0.15, 0.2) is 47.4 Å². The molecule has 0 radical (unpaired) electrons. The highest BCUT2D eigenvalue weighted by Crippen LogP contribution is 2.09. The van der Waals surface area contributed by atoms with E-state index in [0.717, 1.165) is 5.56 Å². The minimum absolute atomic E-state index is 0.161. The third-order valence-corrected chi connectivity index (χ3v) is 3.87. The topological polar surface area (TPSA) is 84.9 Å². The van der Waals surface area contributed by atoms with Gasteiger partial charge in [-0.25, -0.2) is 9.97 Å². The Kier molecular flexibility index (Phi) is 5.40. The highest BCUT2D eigenvalue weighted by molar-refractivity contribution is 6.29. The smallest absolute Gasteiger partial charge is 0.306 e. The molecule has 0 saturated heterocycles. The molecule has 0 bridgehead atoms. The summed E-state index contributed by atoms with van der Waals surface area (Å²) in [7, 11) is 0. The first-order valence-electron chi connectivity index (χ1n) is 7.86. The van der Waals surface area contributed by atoms with Crippen molar-refractivity contribution in [1.82, 2.24) is 15.0 Å². The van der Waals surface area contributed by atoms with Crippen molar-refractivity contribution < 1.29 is 9.53 Å². The number of esters is 1. The molecule has 1 aromatic carbocycles. The van der Waals surface area contributed by atoms with E-state index < -0.39 is 0 Å². The Balaban J connectivity index is 1.50. The summed E-state index contributed by atoms with van der Waals surface area (Å²) < 4.78 is 5.19. The van der Waals surface area contributed by atoms with E-state index in [1.54, 1.807) is 36.5 Å². The van der Waals surface area contributed by atoms with Crippen LogP contribution < -0.4 is 5.56 Å². The van der Waals surface area contributed by atoms with Gasteiger partial charge >= 0.3 is 5.97 Å². The summed E-state index contributed by atoms with van der Waals surface area (Å²) in [6.45, 7) is 0.161. The lowest BCUT2D eigenvalue weighted by Crippen LogP contribution is -2.12. The van der Waals surface area contributed by atoms with E-state index in [1.807, 2.05) is 6.07 Å². The maximum atomic E-state index is 12.0. The number of aryl methyl sites for hydroxylation is 1. The van der Waals surface area contributed by atoms with Gasteiger partial charge in [-0.15, -0.1) is 0 Å². The van der Waals surface area contributed by atoms with Gasteiger partial charge in [0, 0.05) is 24.6 Å². The van der Waals surface area contributed by atoms with Gasteiger partial charge in [-0.2, -0.15) is 0 Å². The van der Waals surface area contributed by atoms with Crippen LogP contribution in [0.25, 0.3) is 10.9 Å². The Morgan fingerprint density at radius 3 is 2.84 bits per heavy atom. The molecular formula is C18H16ClN3O3. The fourth-order valence-electron chi connectivity index (χ4n) is 2.38. The SMILES string of the molecule is O=C(CCCc1nc2ccccc2c(=O)[nH]1)OCc1ccc(Cl)nc1. The Morgan fingerprint density at radius 1 is 1.20 bits per heavy atom. The van der Waals surface area contributed by atoms with Crippen molar-refractivity contribution in [1.29, 1.82) is 0 Å². The summed E-state index contributed by atoms with van der Waals surface area (Å²) in [6, 6.07) is 10.6. The lowest BCUT2D eigenvalue weighted by molar-refractivity contribution is -0.145. The number of nitrogens with zero attached hydrogens (tertiary/aromatic N) is 2. The second kappa shape index (κ2) is 7.90. The number of halogens is 1. The molecule has 0 aliphatic rings. The molecule has 6 nitrogen and oxygen atoms in total. The Hall–Kier alpha value is -2.73. The van der Waals surface area contributed by atoms with E-state index in [2.05, 4.69) is 15.0 Å². The number of aromatic nitrogens is 3. The second-order valence-electron chi connectivity index (χ2n) is 5.53. The highest BCUT2D eigenvalue weighted by Gasteiger charge is 2.07. The number of aromatic amines is 1. The van der Waals surface area contributed by atoms with Crippen LogP contribution in [-0.4, -0.2) is 20.9 Å². The zero-order chi connectivity index (χ0) is 17.6. The third-order valence-electron chi connectivity index (χ3n) is 3.64. The highest BCUT2D eigenvalue weighted by atomic mass is 35.5. The molecule has 25 heavy (non-hydrogen) atoms. The van der Waals surface area contributed by atoms with Gasteiger partial charge in [0.25, 0.3) is 5.56 Å². The van der Waals surface area contributed by atoms with Crippen LogP contribution in [0.5, 0.6) is 0 Å². The molecule has 0 aliphatic heterocycles. The number of pyridine rings is 1. The van der Waals surface area contributed by atoms with Crippen molar-refractivity contribution in [2.24, 2.45) is 0 Å². The number of carbonyl (C=O) groups excluding carboxylic acids is 1. The number of nitrogens with one attached hydrogen (secondary N) is 1. The van der Waals surface area contributed by atoms with Crippen molar-refractivity contribution in [3.8, 4) is 0 Å². The number of para-hydroxylation sites is 1. The monoisotopic (exact) mass is 357 g/mol. The molecule has 1 N–H and O–H groups in total. The number of carbonyl (C=O) groups is 1. The summed E-state index contributed by atoms with van der Waals surface area (Å²) >= 11 is 5.70. The summed E-state index contributed by atoms with van der Waals surface area (Å²) in [5, 5.41) is 0.953. The molecular weight excluding hydrogens is 342 g/mol. The number of rotatable bonds is 6. The Bertz CT molecular complexity index is 938. The molecule has 128 valence electrons. The van der Waals surface area contributed by atoms with Crippen molar-refractivity contribution in [3.63, 3.8) is 0 Å². The minimum Gasteiger partial charge on any atom is -0.461 e. The van der Waals surface area contributed by atoms with Gasteiger partial charge in [-0.05, 0) is 24.6 Å². The number of hydrogen-bond acceptors (Lipinski definition) is 5. The zero-order valence-corrected chi connectivity index (χ0v) is 14.1. The van der Waals surface area contributed by atoms with Gasteiger partial charge in [0.1, 0.15) is 17.6 Å². The maximum absolute atomic E-state index is 12.0. The number of hydrogen-bond donors (Lipinski definition) is 1. The molecule has 2 heterocycles. The molecule has 0 amide bonds. The first-order valence-corrected chi connectivity index (χ1v) is 8.23. The third kappa shape index (κ3) is 4.64. The molecule has 0 unspecified atom stereocenters. The zero-order valence-electron chi connectivity index (χ0n) is 13.4. The Morgan fingerprint density at radius 2 is 2.04 bits per heavy atom. The maximum Gasteiger partial charge on any atom is 0.306 e. The minimum atomic E-state index is -0.307. The summed E-state index contributed by atoms with van der Waals surface area (Å²) in [5.41, 5.74) is 1.26. The molecule has 3 rings (SSSR count). The number of ether oxygens (including phenoxy) is 1. The van der Waals surface area contributed by atoms with Crippen LogP contribution in [0.1, 0.15) is 24.2 Å². The predicted octanol–water partition coefficient (Wildman–Crippen LogP) is 3.04. The van der Waals surface area contributed by atoms with Crippen LogP contribution in [0, 0.1) is 0 Å². The first-order chi connectivity index (χ1) is 12.1. The first kappa shape index (κ1) is 17.1. The van der Waals surface area contributed by atoms with Gasteiger partial charge in [0.15, 0.2) is 0 Å². The molecule has 7 heteroatoms. The van der Waals surface area contributed by atoms with E-state index in [1.165, 1.54) is 0 Å². The standard InChI is InChI=1S/C18H16ClN3O3/c19-15-9-8-12(10-20-15)11-25-17(23)7-3-6-16-21-14-5-2-1-4-13(14)18(24)22-16/h1-2,4-5,8-10H,3,6-7,11H2,(H,21,22,24). The molecule has 0 fully saturated rings. The van der Waals surface area contributed by atoms with Crippen LogP contribution in [0.4, 0.5) is 0 Å². The largest absolute Gasteiger partial charge is 0.461 e.